The molecule has 0 radical (unpaired) electrons. The minimum Gasteiger partial charge on any atom is -0.469 e. The van der Waals surface area contributed by atoms with Crippen molar-refractivity contribution < 1.29 is 17.9 Å². The third-order valence-electron chi connectivity index (χ3n) is 2.75. The van der Waals surface area contributed by atoms with Crippen molar-refractivity contribution in [3.05, 3.63) is 0 Å². The van der Waals surface area contributed by atoms with Crippen molar-refractivity contribution in [2.75, 3.05) is 26.0 Å². The number of ether oxygens (including phenoxy) is 1. The van der Waals surface area contributed by atoms with Gasteiger partial charge in [-0.1, -0.05) is 12.8 Å². The molecule has 0 aliphatic carbocycles. The second kappa shape index (κ2) is 6.20. The number of carbonyl (C=O) groups excluding carboxylic acids is 1. The van der Waals surface area contributed by atoms with E-state index in [1.165, 1.54) is 11.4 Å². The highest BCUT2D eigenvalue weighted by Gasteiger charge is 2.23. The molecule has 0 amide bonds. The second-order valence-electron chi connectivity index (χ2n) is 3.96. The van der Waals surface area contributed by atoms with Crippen LogP contribution in [-0.4, -0.2) is 44.6 Å². The Balaban J connectivity index is 2.51. The summed E-state index contributed by atoms with van der Waals surface area (Å²) in [6.45, 7) is 1.17. The van der Waals surface area contributed by atoms with E-state index in [0.717, 1.165) is 25.7 Å². The lowest BCUT2D eigenvalue weighted by Crippen LogP contribution is -2.34. The molecule has 0 unspecified atom stereocenters. The van der Waals surface area contributed by atoms with Crippen LogP contribution >= 0.6 is 0 Å². The van der Waals surface area contributed by atoms with Crippen molar-refractivity contribution in [1.29, 1.82) is 0 Å². The molecule has 1 heterocycles. The van der Waals surface area contributed by atoms with Crippen LogP contribution in [0.1, 0.15) is 32.1 Å². The number of carbonyl (C=O) groups is 1. The van der Waals surface area contributed by atoms with Crippen LogP contribution in [0.25, 0.3) is 0 Å². The minimum absolute atomic E-state index is 0.0602. The van der Waals surface area contributed by atoms with Gasteiger partial charge >= 0.3 is 5.97 Å². The van der Waals surface area contributed by atoms with Gasteiger partial charge in [0.1, 0.15) is 0 Å². The first-order valence-electron chi connectivity index (χ1n) is 5.61. The normalized spacial score (nSPS) is 19.1. The number of nitrogens with zero attached hydrogens (tertiary/aromatic N) is 1. The molecule has 94 valence electrons. The van der Waals surface area contributed by atoms with Crippen molar-refractivity contribution in [3.63, 3.8) is 0 Å². The summed E-state index contributed by atoms with van der Waals surface area (Å²) in [6, 6.07) is 0. The largest absolute Gasteiger partial charge is 0.469 e. The van der Waals surface area contributed by atoms with Crippen LogP contribution < -0.4 is 0 Å². The third-order valence-corrected chi connectivity index (χ3v) is 4.62. The first-order chi connectivity index (χ1) is 7.56. The van der Waals surface area contributed by atoms with Crippen LogP contribution in [0.2, 0.25) is 0 Å². The van der Waals surface area contributed by atoms with Gasteiger partial charge in [-0.15, -0.1) is 0 Å². The lowest BCUT2D eigenvalue weighted by Gasteiger charge is -2.19. The molecule has 1 aliphatic heterocycles. The Hall–Kier alpha value is -0.620. The van der Waals surface area contributed by atoms with Gasteiger partial charge in [0.05, 0.1) is 19.3 Å². The molecule has 0 bridgehead atoms. The molecule has 1 saturated heterocycles. The summed E-state index contributed by atoms with van der Waals surface area (Å²) in [7, 11) is -2.01. The molecule has 5 nitrogen and oxygen atoms in total. The fourth-order valence-corrected chi connectivity index (χ4v) is 3.26. The Morgan fingerprint density at radius 3 is 2.25 bits per heavy atom. The lowest BCUT2D eigenvalue weighted by atomic mass is 10.2. The maximum absolute atomic E-state index is 11.9. The Morgan fingerprint density at radius 2 is 1.75 bits per heavy atom. The van der Waals surface area contributed by atoms with E-state index in [0.29, 0.717) is 13.1 Å². The van der Waals surface area contributed by atoms with E-state index < -0.39 is 16.0 Å². The van der Waals surface area contributed by atoms with E-state index in [-0.39, 0.29) is 12.2 Å². The second-order valence-corrected chi connectivity index (χ2v) is 6.04. The molecule has 16 heavy (non-hydrogen) atoms. The van der Waals surface area contributed by atoms with Crippen LogP contribution in [0, 0.1) is 0 Å². The highest BCUT2D eigenvalue weighted by Crippen LogP contribution is 2.14. The first-order valence-corrected chi connectivity index (χ1v) is 7.22. The van der Waals surface area contributed by atoms with Crippen molar-refractivity contribution >= 4 is 16.0 Å². The number of rotatable bonds is 4. The molecule has 1 fully saturated rings. The van der Waals surface area contributed by atoms with E-state index in [2.05, 4.69) is 4.74 Å². The Labute approximate surface area is 96.8 Å². The standard InChI is InChI=1S/C10H19NO4S/c1-15-10(12)6-9-16(13,14)11-7-4-2-3-5-8-11/h2-9H2,1H3. The average Bonchev–Trinajstić information content (AvgIpc) is 2.54. The number of hydrogen-bond acceptors (Lipinski definition) is 4. The van der Waals surface area contributed by atoms with Gasteiger partial charge in [-0.2, -0.15) is 0 Å². The number of methoxy groups -OCH3 is 1. The molecule has 6 heteroatoms. The van der Waals surface area contributed by atoms with Gasteiger partial charge in [0.15, 0.2) is 0 Å². The van der Waals surface area contributed by atoms with Crippen LogP contribution in [0.3, 0.4) is 0 Å². The van der Waals surface area contributed by atoms with E-state index >= 15 is 0 Å². The van der Waals surface area contributed by atoms with Gasteiger partial charge in [-0.25, -0.2) is 12.7 Å². The fourth-order valence-electron chi connectivity index (χ4n) is 1.76. The molecule has 0 aromatic carbocycles. The summed E-state index contributed by atoms with van der Waals surface area (Å²) in [5.74, 6) is -0.613. The van der Waals surface area contributed by atoms with E-state index in [1.54, 1.807) is 0 Å². The summed E-state index contributed by atoms with van der Waals surface area (Å²) in [6.07, 6.45) is 3.94. The molecule has 0 aromatic heterocycles. The van der Waals surface area contributed by atoms with Gasteiger partial charge in [0.25, 0.3) is 0 Å². The van der Waals surface area contributed by atoms with Crippen LogP contribution in [0.15, 0.2) is 0 Å². The zero-order chi connectivity index (χ0) is 12.0. The zero-order valence-electron chi connectivity index (χ0n) is 9.65. The van der Waals surface area contributed by atoms with Crippen LogP contribution in [-0.2, 0) is 19.6 Å². The van der Waals surface area contributed by atoms with Crippen LogP contribution in [0.4, 0.5) is 0 Å². The average molecular weight is 249 g/mol. The Kier molecular flexibility index (Phi) is 5.21. The number of sulfonamides is 1. The lowest BCUT2D eigenvalue weighted by molar-refractivity contribution is -0.140. The maximum atomic E-state index is 11.9. The van der Waals surface area contributed by atoms with Gasteiger partial charge in [0, 0.05) is 13.1 Å². The third kappa shape index (κ3) is 4.09. The number of hydrogen-bond donors (Lipinski definition) is 0. The maximum Gasteiger partial charge on any atom is 0.306 e. The van der Waals surface area contributed by atoms with Gasteiger partial charge in [0.2, 0.25) is 10.0 Å². The van der Waals surface area contributed by atoms with Crippen molar-refractivity contribution in [2.45, 2.75) is 32.1 Å². The summed E-state index contributed by atoms with van der Waals surface area (Å²) < 4.78 is 29.7. The quantitative estimate of drug-likeness (QED) is 0.690. The van der Waals surface area contributed by atoms with Gasteiger partial charge < -0.3 is 4.74 Å². The topological polar surface area (TPSA) is 63.7 Å². The predicted octanol–water partition coefficient (Wildman–Crippen LogP) is 0.755. The van der Waals surface area contributed by atoms with E-state index in [9.17, 15) is 13.2 Å². The molecular weight excluding hydrogens is 230 g/mol. The smallest absolute Gasteiger partial charge is 0.306 e. The zero-order valence-corrected chi connectivity index (χ0v) is 10.5. The van der Waals surface area contributed by atoms with Gasteiger partial charge in [-0.3, -0.25) is 4.79 Å². The summed E-state index contributed by atoms with van der Waals surface area (Å²) >= 11 is 0. The Bertz CT molecular complexity index is 318. The van der Waals surface area contributed by atoms with E-state index in [4.69, 9.17) is 0 Å². The van der Waals surface area contributed by atoms with Crippen molar-refractivity contribution in [2.24, 2.45) is 0 Å². The number of esters is 1. The monoisotopic (exact) mass is 249 g/mol. The molecule has 0 aromatic rings. The van der Waals surface area contributed by atoms with Crippen molar-refractivity contribution in [1.82, 2.24) is 4.31 Å². The minimum atomic E-state index is -3.28. The predicted molar refractivity (Wildman–Crippen MR) is 60.5 cm³/mol. The Morgan fingerprint density at radius 1 is 1.19 bits per heavy atom. The fraction of sp³-hybridized carbons (Fsp3) is 0.900. The summed E-state index contributed by atoms with van der Waals surface area (Å²) in [5.41, 5.74) is 0. The highest BCUT2D eigenvalue weighted by atomic mass is 32.2. The molecule has 0 atom stereocenters. The summed E-state index contributed by atoms with van der Waals surface area (Å²) in [4.78, 5) is 10.9. The van der Waals surface area contributed by atoms with Crippen molar-refractivity contribution in [3.8, 4) is 0 Å². The molecule has 0 spiro atoms. The molecular formula is C10H19NO4S. The first kappa shape index (κ1) is 13.4. The van der Waals surface area contributed by atoms with E-state index in [1.807, 2.05) is 0 Å². The molecule has 1 aliphatic rings. The summed E-state index contributed by atoms with van der Waals surface area (Å²) in [5, 5.41) is 0. The SMILES string of the molecule is COC(=O)CCS(=O)(=O)N1CCCCCC1. The highest BCUT2D eigenvalue weighted by molar-refractivity contribution is 7.89. The van der Waals surface area contributed by atoms with Gasteiger partial charge in [-0.05, 0) is 12.8 Å². The molecule has 0 N–H and O–H groups in total. The van der Waals surface area contributed by atoms with Crippen LogP contribution in [0.5, 0.6) is 0 Å². The molecule has 0 saturated carbocycles. The molecule has 1 rings (SSSR count).